The Balaban J connectivity index is 2.05. The summed E-state index contributed by atoms with van der Waals surface area (Å²) in [5, 5.41) is 8.77. The lowest BCUT2D eigenvalue weighted by Gasteiger charge is -2.28. The number of aromatic nitrogens is 1. The number of halogens is 3. The van der Waals surface area contributed by atoms with Crippen LogP contribution in [0.4, 0.5) is 13.2 Å². The van der Waals surface area contributed by atoms with Gasteiger partial charge in [0, 0.05) is 25.2 Å². The number of carbonyl (C=O) groups is 1. The van der Waals surface area contributed by atoms with E-state index in [4.69, 9.17) is 5.26 Å². The fourth-order valence-corrected chi connectivity index (χ4v) is 2.06. The van der Waals surface area contributed by atoms with Crippen LogP contribution in [0.25, 0.3) is 0 Å². The summed E-state index contributed by atoms with van der Waals surface area (Å²) in [7, 11) is 0. The third-order valence-electron chi connectivity index (χ3n) is 3.27. The second kappa shape index (κ2) is 5.49. The van der Waals surface area contributed by atoms with Gasteiger partial charge in [0.15, 0.2) is 0 Å². The summed E-state index contributed by atoms with van der Waals surface area (Å²) in [6.07, 6.45) is -2.62. The van der Waals surface area contributed by atoms with Gasteiger partial charge in [-0.3, -0.25) is 9.78 Å². The first kappa shape index (κ1) is 14.3. The van der Waals surface area contributed by atoms with Crippen molar-refractivity contribution >= 4 is 5.91 Å². The van der Waals surface area contributed by atoms with E-state index in [1.54, 1.807) is 0 Å². The number of hydrogen-bond donors (Lipinski definition) is 0. The van der Waals surface area contributed by atoms with Crippen LogP contribution in [0.3, 0.4) is 0 Å². The quantitative estimate of drug-likeness (QED) is 0.795. The summed E-state index contributed by atoms with van der Waals surface area (Å²) in [5.41, 5.74) is -0.884. The van der Waals surface area contributed by atoms with E-state index < -0.39 is 17.6 Å². The predicted octanol–water partition coefficient (Wildman–Crippen LogP) is 2.48. The lowest BCUT2D eigenvalue weighted by Crippen LogP contribution is -2.38. The zero-order chi connectivity index (χ0) is 14.8. The van der Waals surface area contributed by atoms with Gasteiger partial charge in [-0.15, -0.1) is 0 Å². The molecule has 0 aliphatic carbocycles. The number of hydrogen-bond acceptors (Lipinski definition) is 3. The van der Waals surface area contributed by atoms with E-state index in [2.05, 4.69) is 11.1 Å². The molecular weight excluding hydrogens is 271 g/mol. The standard InChI is InChI=1S/C13H12F3N3O/c14-13(15,16)10-1-2-11(18-8-10)12(20)19-5-3-9(7-17)4-6-19/h1-2,8-9H,3-6H2. The molecule has 1 aromatic heterocycles. The predicted molar refractivity (Wildman–Crippen MR) is 63.5 cm³/mol. The highest BCUT2D eigenvalue weighted by atomic mass is 19.4. The molecule has 0 aromatic carbocycles. The van der Waals surface area contributed by atoms with Gasteiger partial charge in [0.2, 0.25) is 0 Å². The zero-order valence-corrected chi connectivity index (χ0v) is 10.5. The molecule has 2 rings (SSSR count). The van der Waals surface area contributed by atoms with Gasteiger partial charge in [-0.05, 0) is 25.0 Å². The van der Waals surface area contributed by atoms with Crippen LogP contribution in [0.1, 0.15) is 28.9 Å². The highest BCUT2D eigenvalue weighted by Crippen LogP contribution is 2.28. The van der Waals surface area contributed by atoms with Crippen molar-refractivity contribution in [2.24, 2.45) is 5.92 Å². The van der Waals surface area contributed by atoms with Gasteiger partial charge in [-0.25, -0.2) is 0 Å². The molecule has 2 heterocycles. The summed E-state index contributed by atoms with van der Waals surface area (Å²) in [5.74, 6) is -0.449. The number of rotatable bonds is 1. The minimum atomic E-state index is -4.46. The Bertz CT molecular complexity index is 525. The molecule has 0 saturated carbocycles. The molecule has 0 spiro atoms. The van der Waals surface area contributed by atoms with Gasteiger partial charge in [-0.2, -0.15) is 18.4 Å². The van der Waals surface area contributed by atoms with Crippen LogP contribution in [0, 0.1) is 17.2 Å². The Kier molecular flexibility index (Phi) is 3.93. The summed E-state index contributed by atoms with van der Waals surface area (Å²) in [6.45, 7) is 0.861. The van der Waals surface area contributed by atoms with Crippen molar-refractivity contribution in [3.05, 3.63) is 29.6 Å². The molecule has 106 valence electrons. The van der Waals surface area contributed by atoms with E-state index in [1.807, 2.05) is 0 Å². The average molecular weight is 283 g/mol. The minimum absolute atomic E-state index is 0.00610. The lowest BCUT2D eigenvalue weighted by molar-refractivity contribution is -0.137. The fourth-order valence-electron chi connectivity index (χ4n) is 2.06. The number of pyridine rings is 1. The molecule has 0 bridgehead atoms. The Morgan fingerprint density at radius 3 is 2.45 bits per heavy atom. The molecule has 1 saturated heterocycles. The molecule has 4 nitrogen and oxygen atoms in total. The molecule has 20 heavy (non-hydrogen) atoms. The fraction of sp³-hybridized carbons (Fsp3) is 0.462. The maximum absolute atomic E-state index is 12.4. The first-order valence-electron chi connectivity index (χ1n) is 6.14. The van der Waals surface area contributed by atoms with Crippen molar-refractivity contribution in [3.63, 3.8) is 0 Å². The summed E-state index contributed by atoms with van der Waals surface area (Å²) in [6, 6.07) is 4.08. The Morgan fingerprint density at radius 1 is 1.35 bits per heavy atom. The van der Waals surface area contributed by atoms with Crippen molar-refractivity contribution < 1.29 is 18.0 Å². The number of nitrogens with zero attached hydrogens (tertiary/aromatic N) is 3. The first-order chi connectivity index (χ1) is 9.41. The Labute approximate surface area is 113 Å². The number of amides is 1. The molecule has 1 amide bonds. The van der Waals surface area contributed by atoms with E-state index in [0.29, 0.717) is 32.1 Å². The van der Waals surface area contributed by atoms with E-state index in [1.165, 1.54) is 4.90 Å². The van der Waals surface area contributed by atoms with Crippen molar-refractivity contribution in [2.45, 2.75) is 19.0 Å². The third-order valence-corrected chi connectivity index (χ3v) is 3.27. The number of carbonyl (C=O) groups excluding carboxylic acids is 1. The van der Waals surface area contributed by atoms with Gasteiger partial charge in [0.1, 0.15) is 5.69 Å². The summed E-state index contributed by atoms with van der Waals surface area (Å²) in [4.78, 5) is 17.2. The smallest absolute Gasteiger partial charge is 0.337 e. The van der Waals surface area contributed by atoms with Crippen molar-refractivity contribution in [1.82, 2.24) is 9.88 Å². The van der Waals surface area contributed by atoms with Crippen LogP contribution in [0.15, 0.2) is 18.3 Å². The number of nitriles is 1. The van der Waals surface area contributed by atoms with Crippen LogP contribution >= 0.6 is 0 Å². The molecule has 0 unspecified atom stereocenters. The topological polar surface area (TPSA) is 57.0 Å². The van der Waals surface area contributed by atoms with Gasteiger partial charge in [-0.1, -0.05) is 0 Å². The van der Waals surface area contributed by atoms with Gasteiger partial charge >= 0.3 is 6.18 Å². The zero-order valence-electron chi connectivity index (χ0n) is 10.5. The van der Waals surface area contributed by atoms with E-state index in [-0.39, 0.29) is 11.6 Å². The maximum atomic E-state index is 12.4. The monoisotopic (exact) mass is 283 g/mol. The molecule has 1 aliphatic rings. The molecule has 0 N–H and O–H groups in total. The molecule has 1 aromatic rings. The Hall–Kier alpha value is -2.10. The van der Waals surface area contributed by atoms with E-state index >= 15 is 0 Å². The highest BCUT2D eigenvalue weighted by Gasteiger charge is 2.31. The second-order valence-corrected chi connectivity index (χ2v) is 4.63. The summed E-state index contributed by atoms with van der Waals surface area (Å²) >= 11 is 0. The molecule has 7 heteroatoms. The number of likely N-dealkylation sites (tertiary alicyclic amines) is 1. The third kappa shape index (κ3) is 3.07. The molecule has 0 radical (unpaired) electrons. The average Bonchev–Trinajstić information content (AvgIpc) is 2.46. The number of alkyl halides is 3. The maximum Gasteiger partial charge on any atom is 0.417 e. The number of piperidine rings is 1. The Morgan fingerprint density at radius 2 is 2.00 bits per heavy atom. The van der Waals surface area contributed by atoms with Crippen LogP contribution in [0.2, 0.25) is 0 Å². The summed E-state index contributed by atoms with van der Waals surface area (Å²) < 4.78 is 37.2. The SMILES string of the molecule is N#CC1CCN(C(=O)c2ccc(C(F)(F)F)cn2)CC1. The molecular formula is C13H12F3N3O. The van der Waals surface area contributed by atoms with Crippen LogP contribution < -0.4 is 0 Å². The van der Waals surface area contributed by atoms with Gasteiger partial charge in [0.05, 0.1) is 11.6 Å². The van der Waals surface area contributed by atoms with Crippen LogP contribution in [-0.4, -0.2) is 28.9 Å². The van der Waals surface area contributed by atoms with E-state index in [0.717, 1.165) is 12.1 Å². The molecule has 0 atom stereocenters. The lowest BCUT2D eigenvalue weighted by atomic mass is 9.98. The van der Waals surface area contributed by atoms with Crippen LogP contribution in [0.5, 0.6) is 0 Å². The molecule has 1 aliphatic heterocycles. The van der Waals surface area contributed by atoms with Gasteiger partial charge < -0.3 is 4.90 Å². The van der Waals surface area contributed by atoms with Crippen LogP contribution in [-0.2, 0) is 6.18 Å². The largest absolute Gasteiger partial charge is 0.417 e. The molecule has 1 fully saturated rings. The minimum Gasteiger partial charge on any atom is -0.337 e. The van der Waals surface area contributed by atoms with Crippen molar-refractivity contribution in [1.29, 1.82) is 5.26 Å². The van der Waals surface area contributed by atoms with Gasteiger partial charge in [0.25, 0.3) is 5.91 Å². The first-order valence-corrected chi connectivity index (χ1v) is 6.14. The highest BCUT2D eigenvalue weighted by molar-refractivity contribution is 5.92. The van der Waals surface area contributed by atoms with Crippen molar-refractivity contribution in [2.75, 3.05) is 13.1 Å². The second-order valence-electron chi connectivity index (χ2n) is 4.63. The van der Waals surface area contributed by atoms with E-state index in [9.17, 15) is 18.0 Å². The van der Waals surface area contributed by atoms with Crippen molar-refractivity contribution in [3.8, 4) is 6.07 Å². The normalized spacial score (nSPS) is 16.8.